The van der Waals surface area contributed by atoms with E-state index in [1.165, 1.54) is 21.1 Å². The van der Waals surface area contributed by atoms with Crippen molar-refractivity contribution < 1.29 is 28.7 Å². The number of ether oxygens (including phenoxy) is 2. The molecule has 2 fully saturated rings. The van der Waals surface area contributed by atoms with Crippen LogP contribution in [0.1, 0.15) is 62.2 Å². The summed E-state index contributed by atoms with van der Waals surface area (Å²) in [6.07, 6.45) is 5.57. The summed E-state index contributed by atoms with van der Waals surface area (Å²) in [6.45, 7) is 1.41. The fourth-order valence-electron chi connectivity index (χ4n) is 5.22. The number of hydrogen-bond acceptors (Lipinski definition) is 6. The van der Waals surface area contributed by atoms with E-state index >= 15 is 0 Å². The molecule has 2 aliphatic rings. The predicted molar refractivity (Wildman–Crippen MR) is 139 cm³/mol. The number of methoxy groups -OCH3 is 2. The Kier molecular flexibility index (Phi) is 8.11. The Balaban J connectivity index is 1.66. The Morgan fingerprint density at radius 3 is 2.16 bits per heavy atom. The van der Waals surface area contributed by atoms with Gasteiger partial charge in [0.15, 0.2) is 11.5 Å². The van der Waals surface area contributed by atoms with Crippen LogP contribution in [0, 0.1) is 0 Å². The van der Waals surface area contributed by atoms with Crippen molar-refractivity contribution in [3.8, 4) is 11.5 Å². The van der Waals surface area contributed by atoms with Crippen molar-refractivity contribution in [1.29, 1.82) is 0 Å². The maximum atomic E-state index is 14.0. The van der Waals surface area contributed by atoms with E-state index in [1.54, 1.807) is 47.4 Å². The Bertz CT molecular complexity index is 1170. The highest BCUT2D eigenvalue weighted by Crippen LogP contribution is 2.34. The topological polar surface area (TPSA) is 105 Å². The molecule has 0 radical (unpaired) electrons. The van der Waals surface area contributed by atoms with E-state index in [0.29, 0.717) is 28.4 Å². The number of carbonyl (C=O) groups excluding carboxylic acids is 4. The van der Waals surface area contributed by atoms with Gasteiger partial charge in [-0.05, 0) is 55.3 Å². The number of anilines is 2. The Labute approximate surface area is 216 Å². The number of hydrogen-bond donors (Lipinski definition) is 1. The van der Waals surface area contributed by atoms with Crippen LogP contribution in [0.3, 0.4) is 0 Å². The van der Waals surface area contributed by atoms with Gasteiger partial charge in [-0.25, -0.2) is 4.90 Å². The first kappa shape index (κ1) is 26.2. The van der Waals surface area contributed by atoms with Gasteiger partial charge in [0.1, 0.15) is 6.04 Å². The second-order valence-corrected chi connectivity index (χ2v) is 9.44. The van der Waals surface area contributed by atoms with Gasteiger partial charge in [0, 0.05) is 24.2 Å². The highest BCUT2D eigenvalue weighted by molar-refractivity contribution is 6.23. The summed E-state index contributed by atoms with van der Waals surface area (Å²) < 4.78 is 10.7. The predicted octanol–water partition coefficient (Wildman–Crippen LogP) is 4.16. The monoisotopic (exact) mass is 507 g/mol. The first-order valence-corrected chi connectivity index (χ1v) is 12.6. The molecule has 9 heteroatoms. The van der Waals surface area contributed by atoms with Crippen molar-refractivity contribution in [2.45, 2.75) is 64.0 Å². The number of imide groups is 1. The van der Waals surface area contributed by atoms with Gasteiger partial charge in [-0.3, -0.25) is 19.2 Å². The van der Waals surface area contributed by atoms with Crippen LogP contribution in [0.5, 0.6) is 11.5 Å². The van der Waals surface area contributed by atoms with Gasteiger partial charge >= 0.3 is 0 Å². The van der Waals surface area contributed by atoms with E-state index in [0.717, 1.165) is 43.4 Å². The third kappa shape index (κ3) is 5.60. The molecule has 1 aliphatic heterocycles. The zero-order valence-electron chi connectivity index (χ0n) is 21.5. The van der Waals surface area contributed by atoms with Crippen LogP contribution in [0.2, 0.25) is 0 Å². The smallest absolute Gasteiger partial charge is 0.257 e. The van der Waals surface area contributed by atoms with Crippen LogP contribution in [0.15, 0.2) is 42.5 Å². The molecule has 0 aromatic heterocycles. The lowest BCUT2D eigenvalue weighted by molar-refractivity contribution is -0.123. The Morgan fingerprint density at radius 2 is 1.57 bits per heavy atom. The zero-order valence-corrected chi connectivity index (χ0v) is 21.5. The third-order valence-electron chi connectivity index (χ3n) is 6.99. The minimum atomic E-state index is -0.897. The average molecular weight is 508 g/mol. The fourth-order valence-corrected chi connectivity index (χ4v) is 5.22. The van der Waals surface area contributed by atoms with E-state index in [4.69, 9.17) is 9.47 Å². The van der Waals surface area contributed by atoms with E-state index in [9.17, 15) is 19.2 Å². The molecule has 196 valence electrons. The molecule has 37 heavy (non-hydrogen) atoms. The molecule has 0 bridgehead atoms. The summed E-state index contributed by atoms with van der Waals surface area (Å²) in [5.41, 5.74) is 1.35. The molecule has 9 nitrogen and oxygen atoms in total. The molecule has 1 N–H and O–H groups in total. The number of amides is 4. The zero-order chi connectivity index (χ0) is 26.5. The van der Waals surface area contributed by atoms with Gasteiger partial charge in [0.05, 0.1) is 26.3 Å². The molecule has 2 aromatic rings. The second-order valence-electron chi connectivity index (χ2n) is 9.44. The average Bonchev–Trinajstić information content (AvgIpc) is 3.05. The number of benzene rings is 2. The summed E-state index contributed by atoms with van der Waals surface area (Å²) in [6, 6.07) is 10.4. The maximum Gasteiger partial charge on any atom is 0.257 e. The quantitative estimate of drug-likeness (QED) is 0.446. The lowest BCUT2D eigenvalue weighted by Crippen LogP contribution is -2.50. The molecule has 1 aliphatic carbocycles. The first-order valence-electron chi connectivity index (χ1n) is 12.6. The molecular formula is C28H33N3O6. The Hall–Kier alpha value is -3.88. The lowest BCUT2D eigenvalue weighted by Gasteiger charge is -2.35. The molecule has 1 atom stereocenters. The summed E-state index contributed by atoms with van der Waals surface area (Å²) in [4.78, 5) is 54.9. The van der Waals surface area contributed by atoms with Gasteiger partial charge in [-0.1, -0.05) is 25.7 Å². The minimum Gasteiger partial charge on any atom is -0.493 e. The summed E-state index contributed by atoms with van der Waals surface area (Å²) in [5, 5.41) is 2.67. The second kappa shape index (κ2) is 11.5. The van der Waals surface area contributed by atoms with E-state index in [-0.39, 0.29) is 30.2 Å². The standard InChI is InChI=1S/C28H33N3O6/c1-18(32)29-20-11-13-22(14-12-20)31-26(33)17-23(28(31)35)30(21-8-6-4-5-7-9-21)27(34)19-10-15-24(36-2)25(16-19)37-3/h10-16,21,23H,4-9,17H2,1-3H3,(H,29,32). The highest BCUT2D eigenvalue weighted by atomic mass is 16.5. The van der Waals surface area contributed by atoms with Crippen molar-refractivity contribution in [2.75, 3.05) is 24.4 Å². The molecule has 2 aromatic carbocycles. The molecule has 1 saturated heterocycles. The molecular weight excluding hydrogens is 474 g/mol. The molecule has 4 amide bonds. The van der Waals surface area contributed by atoms with Gasteiger partial charge in [0.25, 0.3) is 11.8 Å². The van der Waals surface area contributed by atoms with Crippen molar-refractivity contribution >= 4 is 35.0 Å². The first-order chi connectivity index (χ1) is 17.8. The number of nitrogens with one attached hydrogen (secondary N) is 1. The number of nitrogens with zero attached hydrogens (tertiary/aromatic N) is 2. The SMILES string of the molecule is COc1ccc(C(=O)N(C2CCCCCC2)C2CC(=O)N(c3ccc(NC(C)=O)cc3)C2=O)cc1OC. The van der Waals surface area contributed by atoms with Gasteiger partial charge < -0.3 is 19.7 Å². The minimum absolute atomic E-state index is 0.0815. The normalized spacial score (nSPS) is 18.4. The van der Waals surface area contributed by atoms with Gasteiger partial charge in [-0.2, -0.15) is 0 Å². The van der Waals surface area contributed by atoms with Crippen LogP contribution in [0.4, 0.5) is 11.4 Å². The van der Waals surface area contributed by atoms with Crippen LogP contribution in [-0.2, 0) is 14.4 Å². The molecule has 1 heterocycles. The van der Waals surface area contributed by atoms with E-state index < -0.39 is 11.9 Å². The molecule has 1 unspecified atom stereocenters. The van der Waals surface area contributed by atoms with Crippen LogP contribution < -0.4 is 19.7 Å². The lowest BCUT2D eigenvalue weighted by atomic mass is 10.0. The van der Waals surface area contributed by atoms with Crippen LogP contribution >= 0.6 is 0 Å². The van der Waals surface area contributed by atoms with E-state index in [1.807, 2.05) is 0 Å². The fraction of sp³-hybridized carbons (Fsp3) is 0.429. The molecule has 0 spiro atoms. The van der Waals surface area contributed by atoms with Gasteiger partial charge in [0.2, 0.25) is 11.8 Å². The van der Waals surface area contributed by atoms with Crippen LogP contribution in [0.25, 0.3) is 0 Å². The molecule has 1 saturated carbocycles. The highest BCUT2D eigenvalue weighted by Gasteiger charge is 2.46. The molecule has 4 rings (SSSR count). The van der Waals surface area contributed by atoms with E-state index in [2.05, 4.69) is 5.32 Å². The number of carbonyl (C=O) groups is 4. The Morgan fingerprint density at radius 1 is 0.919 bits per heavy atom. The number of rotatable bonds is 7. The maximum absolute atomic E-state index is 14.0. The van der Waals surface area contributed by atoms with Gasteiger partial charge in [-0.15, -0.1) is 0 Å². The summed E-state index contributed by atoms with van der Waals surface area (Å²) in [7, 11) is 3.03. The van der Waals surface area contributed by atoms with Crippen molar-refractivity contribution in [3.63, 3.8) is 0 Å². The summed E-state index contributed by atoms with van der Waals surface area (Å²) >= 11 is 0. The third-order valence-corrected chi connectivity index (χ3v) is 6.99. The van der Waals surface area contributed by atoms with Crippen molar-refractivity contribution in [2.24, 2.45) is 0 Å². The van der Waals surface area contributed by atoms with Crippen molar-refractivity contribution in [3.05, 3.63) is 48.0 Å². The largest absolute Gasteiger partial charge is 0.493 e. The summed E-state index contributed by atoms with van der Waals surface area (Å²) in [5.74, 6) is -0.378. The van der Waals surface area contributed by atoms with Crippen molar-refractivity contribution in [1.82, 2.24) is 4.90 Å². The van der Waals surface area contributed by atoms with Crippen LogP contribution in [-0.4, -0.2) is 54.8 Å².